The van der Waals surface area contributed by atoms with Crippen LogP contribution in [0.2, 0.25) is 0 Å². The van der Waals surface area contributed by atoms with Crippen molar-refractivity contribution < 1.29 is 29.5 Å². The molecule has 54 heavy (non-hydrogen) atoms. The molecule has 0 unspecified atom stereocenters. The summed E-state index contributed by atoms with van der Waals surface area (Å²) in [5, 5.41) is 33.7. The van der Waals surface area contributed by atoms with Crippen molar-refractivity contribution in [3.8, 4) is 34.5 Å². The second-order valence-electron chi connectivity index (χ2n) is 14.3. The third kappa shape index (κ3) is 13.8. The lowest BCUT2D eigenvalue weighted by Crippen LogP contribution is -2.36. The van der Waals surface area contributed by atoms with Crippen LogP contribution in [0.5, 0.6) is 34.5 Å². The van der Waals surface area contributed by atoms with Crippen molar-refractivity contribution in [3.63, 3.8) is 0 Å². The van der Waals surface area contributed by atoms with Crippen LogP contribution in [0.25, 0.3) is 0 Å². The second-order valence-corrected chi connectivity index (χ2v) is 14.3. The Morgan fingerprint density at radius 3 is 1.35 bits per heavy atom. The van der Waals surface area contributed by atoms with E-state index >= 15 is 0 Å². The Morgan fingerprint density at radius 2 is 0.907 bits per heavy atom. The molecule has 4 rings (SSSR count). The highest BCUT2D eigenvalue weighted by molar-refractivity contribution is 6.20. The molecule has 0 fully saturated rings. The number of phenolic OH excluding ortho intramolecular Hbond substituents is 3. The lowest BCUT2D eigenvalue weighted by atomic mass is 10.1. The van der Waals surface area contributed by atoms with Gasteiger partial charge in [0.2, 0.25) is 0 Å². The van der Waals surface area contributed by atoms with Gasteiger partial charge in [-0.2, -0.15) is 0 Å². The zero-order valence-electron chi connectivity index (χ0n) is 33.2. The number of nitrogens with zero attached hydrogens (tertiary/aromatic N) is 3. The van der Waals surface area contributed by atoms with E-state index in [-0.39, 0.29) is 23.9 Å². The molecule has 0 saturated carbocycles. The van der Waals surface area contributed by atoms with Gasteiger partial charge >= 0.3 is 0 Å². The molecule has 0 atom stereocenters. The third-order valence-corrected chi connectivity index (χ3v) is 9.79. The molecule has 0 spiro atoms. The summed E-state index contributed by atoms with van der Waals surface area (Å²) in [5.41, 5.74) is 1.35. The van der Waals surface area contributed by atoms with Crippen molar-refractivity contribution >= 4 is 17.4 Å². The summed E-state index contributed by atoms with van der Waals surface area (Å²) in [6, 6.07) is 15.6. The van der Waals surface area contributed by atoms with Gasteiger partial charge in [-0.15, -0.1) is 0 Å². The van der Waals surface area contributed by atoms with Crippen molar-refractivity contribution in [2.75, 3.05) is 31.4 Å². The monoisotopic (exact) mass is 743 g/mol. The van der Waals surface area contributed by atoms with Crippen LogP contribution in [0.4, 0.5) is 5.69 Å². The molecule has 296 valence electrons. The van der Waals surface area contributed by atoms with Crippen LogP contribution in [-0.2, 0) is 0 Å². The summed E-state index contributed by atoms with van der Waals surface area (Å²) in [5.74, 6) is 2.43. The Bertz CT molecular complexity index is 1610. The summed E-state index contributed by atoms with van der Waals surface area (Å²) in [7, 11) is 0. The minimum absolute atomic E-state index is 0.00289. The van der Waals surface area contributed by atoms with Crippen molar-refractivity contribution in [1.82, 2.24) is 0 Å². The van der Waals surface area contributed by atoms with Crippen LogP contribution in [-0.4, -0.2) is 53.5 Å². The molecule has 1 heterocycles. The fourth-order valence-corrected chi connectivity index (χ4v) is 6.56. The predicted molar refractivity (Wildman–Crippen MR) is 221 cm³/mol. The van der Waals surface area contributed by atoms with Gasteiger partial charge in [-0.05, 0) is 55.7 Å². The standard InChI is InChI=1S/C45H65N3O6/c1-4-7-10-13-16-19-28-52-35-22-25-38(41(49)31-35)44-46-34-48(40-27-24-37(33-43(40)51)54-30-21-18-15-12-9-6-3)45(47-44)39-26-23-36(32-42(39)50)53-29-20-17-14-11-8-5-2/h22-27,31-33,49-51H,4-21,28-30,34H2,1-3H3. The van der Waals surface area contributed by atoms with Crippen molar-refractivity contribution in [1.29, 1.82) is 0 Å². The average Bonchev–Trinajstić information content (AvgIpc) is 3.17. The molecular formula is C45H65N3O6. The summed E-state index contributed by atoms with van der Waals surface area (Å²) < 4.78 is 17.9. The first-order valence-electron chi connectivity index (χ1n) is 20.7. The number of anilines is 1. The van der Waals surface area contributed by atoms with E-state index in [1.165, 1.54) is 77.0 Å². The molecule has 0 aromatic heterocycles. The van der Waals surface area contributed by atoms with E-state index in [0.717, 1.165) is 38.5 Å². The third-order valence-electron chi connectivity index (χ3n) is 9.79. The number of ether oxygens (including phenoxy) is 3. The first-order valence-corrected chi connectivity index (χ1v) is 20.7. The molecule has 1 aliphatic heterocycles. The number of unbranched alkanes of at least 4 members (excludes halogenated alkanes) is 15. The highest BCUT2D eigenvalue weighted by Crippen LogP contribution is 2.36. The van der Waals surface area contributed by atoms with E-state index in [2.05, 4.69) is 20.8 Å². The van der Waals surface area contributed by atoms with Crippen LogP contribution in [0.15, 0.2) is 64.6 Å². The van der Waals surface area contributed by atoms with Gasteiger partial charge in [-0.3, -0.25) is 0 Å². The molecular weight excluding hydrogens is 679 g/mol. The van der Waals surface area contributed by atoms with Gasteiger partial charge in [0.25, 0.3) is 0 Å². The van der Waals surface area contributed by atoms with Gasteiger partial charge in [0.1, 0.15) is 47.0 Å². The Morgan fingerprint density at radius 1 is 0.500 bits per heavy atom. The van der Waals surface area contributed by atoms with Crippen LogP contribution >= 0.6 is 0 Å². The smallest absolute Gasteiger partial charge is 0.162 e. The number of hydrogen-bond acceptors (Lipinski definition) is 9. The first-order chi connectivity index (χ1) is 26.4. The molecule has 3 N–H and O–H groups in total. The Hall–Kier alpha value is -4.40. The lowest BCUT2D eigenvalue weighted by Gasteiger charge is -2.29. The SMILES string of the molecule is CCCCCCCCOc1ccc(C2=NCN(c3ccc(OCCCCCCCC)cc3O)C(c3ccc(OCCCCCCCC)cc3O)=N2)c(O)c1. The number of rotatable bonds is 27. The summed E-state index contributed by atoms with van der Waals surface area (Å²) >= 11 is 0. The van der Waals surface area contributed by atoms with E-state index in [0.29, 0.717) is 65.6 Å². The van der Waals surface area contributed by atoms with Crippen LogP contribution in [0.3, 0.4) is 0 Å². The van der Waals surface area contributed by atoms with E-state index in [1.54, 1.807) is 41.3 Å². The number of aliphatic imine (C=N–C) groups is 2. The number of phenols is 3. The fraction of sp³-hybridized carbons (Fsp3) is 0.556. The number of aromatic hydroxyl groups is 3. The minimum Gasteiger partial charge on any atom is -0.507 e. The van der Waals surface area contributed by atoms with E-state index in [1.807, 2.05) is 18.2 Å². The molecule has 0 radical (unpaired) electrons. The normalized spacial score (nSPS) is 12.8. The predicted octanol–water partition coefficient (Wildman–Crippen LogP) is 11.7. The minimum atomic E-state index is -0.0125. The van der Waals surface area contributed by atoms with Gasteiger partial charge in [-0.1, -0.05) is 117 Å². The van der Waals surface area contributed by atoms with Gasteiger partial charge in [0.15, 0.2) is 5.84 Å². The maximum atomic E-state index is 11.3. The quantitative estimate of drug-likeness (QED) is 0.0666. The number of benzene rings is 3. The van der Waals surface area contributed by atoms with E-state index < -0.39 is 0 Å². The zero-order valence-corrected chi connectivity index (χ0v) is 33.2. The van der Waals surface area contributed by atoms with Gasteiger partial charge in [0, 0.05) is 18.2 Å². The highest BCUT2D eigenvalue weighted by Gasteiger charge is 2.27. The fourth-order valence-electron chi connectivity index (χ4n) is 6.56. The molecule has 1 aliphatic rings. The second kappa shape index (κ2) is 24.1. The molecule has 3 aromatic carbocycles. The van der Waals surface area contributed by atoms with Crippen LogP contribution in [0.1, 0.15) is 147 Å². The van der Waals surface area contributed by atoms with Crippen molar-refractivity contribution in [2.45, 2.75) is 136 Å². The van der Waals surface area contributed by atoms with E-state index in [4.69, 9.17) is 24.2 Å². The Kier molecular flexibility index (Phi) is 18.9. The number of hydrogen-bond donors (Lipinski definition) is 3. The molecule has 3 aromatic rings. The zero-order chi connectivity index (χ0) is 38.4. The number of amidine groups is 2. The summed E-state index contributed by atoms with van der Waals surface area (Å²) in [6.07, 6.45) is 21.1. The van der Waals surface area contributed by atoms with Gasteiger partial charge in [-0.25, -0.2) is 9.98 Å². The Balaban J connectivity index is 1.50. The van der Waals surface area contributed by atoms with Crippen LogP contribution < -0.4 is 19.1 Å². The lowest BCUT2D eigenvalue weighted by molar-refractivity contribution is 0.302. The van der Waals surface area contributed by atoms with Gasteiger partial charge < -0.3 is 34.4 Å². The largest absolute Gasteiger partial charge is 0.507 e. The molecule has 0 bridgehead atoms. The molecule has 9 heteroatoms. The molecule has 9 nitrogen and oxygen atoms in total. The first kappa shape index (κ1) is 42.3. The molecule has 0 amide bonds. The molecule has 0 aliphatic carbocycles. The molecule has 0 saturated heterocycles. The van der Waals surface area contributed by atoms with Crippen molar-refractivity contribution in [3.05, 3.63) is 65.7 Å². The topological polar surface area (TPSA) is 116 Å². The van der Waals surface area contributed by atoms with Crippen molar-refractivity contribution in [2.24, 2.45) is 9.98 Å². The maximum Gasteiger partial charge on any atom is 0.162 e. The van der Waals surface area contributed by atoms with Gasteiger partial charge in [0.05, 0.1) is 36.6 Å². The summed E-state index contributed by atoms with van der Waals surface area (Å²) in [4.78, 5) is 11.4. The average molecular weight is 744 g/mol. The summed E-state index contributed by atoms with van der Waals surface area (Å²) in [6.45, 7) is 8.49. The highest BCUT2D eigenvalue weighted by atomic mass is 16.5. The van der Waals surface area contributed by atoms with Crippen LogP contribution in [0, 0.1) is 0 Å². The maximum absolute atomic E-state index is 11.3. The Labute approximate surface area is 324 Å². The van der Waals surface area contributed by atoms with E-state index in [9.17, 15) is 15.3 Å².